The van der Waals surface area contributed by atoms with Crippen LogP contribution in [-0.4, -0.2) is 57.2 Å². The molecule has 42 heavy (non-hydrogen) atoms. The van der Waals surface area contributed by atoms with Gasteiger partial charge in [-0.15, -0.1) is 0 Å². The summed E-state index contributed by atoms with van der Waals surface area (Å²) in [5, 5.41) is 8.30. The predicted molar refractivity (Wildman–Crippen MR) is 163 cm³/mol. The van der Waals surface area contributed by atoms with Crippen molar-refractivity contribution in [2.75, 3.05) is 5.75 Å². The van der Waals surface area contributed by atoms with Gasteiger partial charge in [0.1, 0.15) is 23.4 Å². The molecule has 1 aliphatic rings. The fraction of sp³-hybridized carbons (Fsp3) is 0.613. The Balaban J connectivity index is 2.13. The van der Waals surface area contributed by atoms with E-state index in [1.165, 1.54) is 44.5 Å². The van der Waals surface area contributed by atoms with Crippen LogP contribution in [0.5, 0.6) is 0 Å². The summed E-state index contributed by atoms with van der Waals surface area (Å²) < 4.78 is 5.71. The monoisotopic (exact) mass is 602 g/mol. The van der Waals surface area contributed by atoms with Gasteiger partial charge in [-0.1, -0.05) is 70.4 Å². The van der Waals surface area contributed by atoms with Crippen molar-refractivity contribution < 1.29 is 28.7 Å². The van der Waals surface area contributed by atoms with E-state index >= 15 is 0 Å². The molecule has 1 aliphatic heterocycles. The molecule has 3 N–H and O–H groups in total. The zero-order valence-corrected chi connectivity index (χ0v) is 26.3. The number of nitrogens with one attached hydrogen (secondary N) is 3. The summed E-state index contributed by atoms with van der Waals surface area (Å²) in [4.78, 5) is 68.4. The molecular weight excluding hydrogens is 556 g/mol. The van der Waals surface area contributed by atoms with Crippen molar-refractivity contribution >= 4 is 40.6 Å². The van der Waals surface area contributed by atoms with Crippen LogP contribution in [0.1, 0.15) is 102 Å². The second-order valence-electron chi connectivity index (χ2n) is 11.3. The topological polar surface area (TPSA) is 144 Å². The molecule has 2 rings (SSSR count). The molecule has 2 atom stereocenters. The number of aromatic nitrogens is 1. The molecule has 11 heteroatoms. The van der Waals surface area contributed by atoms with Crippen LogP contribution in [0.2, 0.25) is 0 Å². The van der Waals surface area contributed by atoms with E-state index in [1.54, 1.807) is 38.1 Å². The number of nitrogens with zero attached hydrogens (tertiary/aromatic N) is 1. The van der Waals surface area contributed by atoms with Crippen LogP contribution in [0.4, 0.5) is 0 Å². The minimum atomic E-state index is -1.35. The number of thioether (sulfide) groups is 1. The number of allylic oxidation sites excluding steroid dienone is 1. The highest BCUT2D eigenvalue weighted by Crippen LogP contribution is 2.15. The van der Waals surface area contributed by atoms with Gasteiger partial charge in [-0.2, -0.15) is 0 Å². The Morgan fingerprint density at radius 1 is 1.14 bits per heavy atom. The summed E-state index contributed by atoms with van der Waals surface area (Å²) in [6.45, 7) is 8.84. The summed E-state index contributed by atoms with van der Waals surface area (Å²) in [7, 11) is 0. The van der Waals surface area contributed by atoms with E-state index in [-0.39, 0.29) is 35.6 Å². The van der Waals surface area contributed by atoms with E-state index < -0.39 is 35.5 Å². The third-order valence-corrected chi connectivity index (χ3v) is 7.71. The number of pyridine rings is 1. The minimum absolute atomic E-state index is 0.0695. The van der Waals surface area contributed by atoms with Crippen LogP contribution in [0.15, 0.2) is 30.4 Å². The quantitative estimate of drug-likeness (QED) is 0.194. The molecule has 1 aromatic rings. The first-order chi connectivity index (χ1) is 19.9. The molecule has 0 fully saturated rings. The number of carbonyl (C=O) groups excluding carboxylic acids is 5. The Bertz CT molecular complexity index is 1120. The average molecular weight is 603 g/mol. The largest absolute Gasteiger partial charge is 0.456 e. The highest BCUT2D eigenvalue weighted by molar-refractivity contribution is 8.13. The number of rotatable bonds is 11. The van der Waals surface area contributed by atoms with Crippen LogP contribution in [0, 0.1) is 5.92 Å². The Labute approximate surface area is 253 Å². The summed E-state index contributed by atoms with van der Waals surface area (Å²) in [6, 6.07) is 3.84. The fourth-order valence-electron chi connectivity index (χ4n) is 4.18. The van der Waals surface area contributed by atoms with Crippen LogP contribution in [0.3, 0.4) is 0 Å². The number of hydrogen-bond acceptors (Lipinski definition) is 8. The van der Waals surface area contributed by atoms with Gasteiger partial charge in [0.2, 0.25) is 11.8 Å². The third-order valence-electron chi connectivity index (χ3n) is 6.74. The first-order valence-corrected chi connectivity index (χ1v) is 15.8. The van der Waals surface area contributed by atoms with Crippen molar-refractivity contribution in [3.05, 3.63) is 41.7 Å². The summed E-state index contributed by atoms with van der Waals surface area (Å²) in [5.74, 6) is -1.92. The standard InChI is InChI=1S/C31H46N4O6S/c1-6-7-8-9-10-17-26(37)42-18-12-11-15-23-19-25(36)32-20-22-14-13-16-24(33-22)28(38)35-31(4,5)30(40)34-27(21(2)3)29(39)41-23/h11,13-16,21,23,27H,6-10,12,17-20H2,1-5H3,(H,32,36)(H,34,40)(H,35,38). The normalized spacial score (nSPS) is 20.1. The molecule has 2 bridgehead atoms. The molecule has 232 valence electrons. The first kappa shape index (κ1) is 35.0. The minimum Gasteiger partial charge on any atom is -0.456 e. The number of ether oxygens (including phenoxy) is 1. The number of cyclic esters (lactones) is 1. The van der Waals surface area contributed by atoms with Crippen LogP contribution in [0.25, 0.3) is 0 Å². The maximum Gasteiger partial charge on any atom is 0.329 e. The number of unbranched alkanes of at least 4 members (excludes halogenated alkanes) is 4. The maximum absolute atomic E-state index is 13.2. The molecule has 3 amide bonds. The van der Waals surface area contributed by atoms with Gasteiger partial charge < -0.3 is 20.7 Å². The number of amides is 3. The van der Waals surface area contributed by atoms with E-state index in [0.29, 0.717) is 24.3 Å². The first-order valence-electron chi connectivity index (χ1n) is 14.8. The lowest BCUT2D eigenvalue weighted by Crippen LogP contribution is -2.59. The van der Waals surface area contributed by atoms with Gasteiger partial charge in [0, 0.05) is 12.2 Å². The fourth-order valence-corrected chi connectivity index (χ4v) is 4.95. The van der Waals surface area contributed by atoms with Crippen molar-refractivity contribution in [3.8, 4) is 0 Å². The van der Waals surface area contributed by atoms with Gasteiger partial charge in [0.05, 0.1) is 18.7 Å². The smallest absolute Gasteiger partial charge is 0.329 e. The van der Waals surface area contributed by atoms with E-state index in [4.69, 9.17) is 4.74 Å². The lowest BCUT2D eigenvalue weighted by molar-refractivity contribution is -0.153. The Kier molecular flexibility index (Phi) is 14.7. The molecule has 2 unspecified atom stereocenters. The highest BCUT2D eigenvalue weighted by atomic mass is 32.2. The molecule has 0 aliphatic carbocycles. The van der Waals surface area contributed by atoms with Crippen molar-refractivity contribution in [2.24, 2.45) is 5.92 Å². The van der Waals surface area contributed by atoms with Crippen LogP contribution < -0.4 is 16.0 Å². The van der Waals surface area contributed by atoms with E-state index in [0.717, 1.165) is 19.3 Å². The van der Waals surface area contributed by atoms with Crippen molar-refractivity contribution in [3.63, 3.8) is 0 Å². The number of fused-ring (bicyclic) bond motifs is 2. The zero-order chi connectivity index (χ0) is 31.1. The maximum atomic E-state index is 13.2. The predicted octanol–water partition coefficient (Wildman–Crippen LogP) is 4.23. The molecule has 2 heterocycles. The average Bonchev–Trinajstić information content (AvgIpc) is 2.93. The number of esters is 1. The molecule has 0 spiro atoms. The Morgan fingerprint density at radius 2 is 1.88 bits per heavy atom. The van der Waals surface area contributed by atoms with E-state index in [2.05, 4.69) is 27.9 Å². The zero-order valence-electron chi connectivity index (χ0n) is 25.5. The van der Waals surface area contributed by atoms with Crippen molar-refractivity contribution in [1.29, 1.82) is 0 Å². The second kappa shape index (κ2) is 17.7. The highest BCUT2D eigenvalue weighted by Gasteiger charge is 2.36. The Morgan fingerprint density at radius 3 is 2.60 bits per heavy atom. The summed E-state index contributed by atoms with van der Waals surface area (Å²) >= 11 is 1.29. The molecule has 10 nitrogen and oxygen atoms in total. The van der Waals surface area contributed by atoms with Gasteiger partial charge in [-0.25, -0.2) is 9.78 Å². The number of hydrogen-bond donors (Lipinski definition) is 3. The van der Waals surface area contributed by atoms with Gasteiger partial charge in [-0.3, -0.25) is 19.2 Å². The van der Waals surface area contributed by atoms with Crippen molar-refractivity contribution in [2.45, 2.75) is 110 Å². The van der Waals surface area contributed by atoms with Gasteiger partial charge in [0.15, 0.2) is 5.12 Å². The lowest BCUT2D eigenvalue weighted by atomic mass is 9.99. The number of carbonyl (C=O) groups is 5. The van der Waals surface area contributed by atoms with Crippen LogP contribution >= 0.6 is 11.8 Å². The molecule has 0 aromatic carbocycles. The summed E-state index contributed by atoms with van der Waals surface area (Å²) in [6.07, 6.45) is 9.07. The molecule has 0 saturated carbocycles. The molecular formula is C31H46N4O6S. The van der Waals surface area contributed by atoms with E-state index in [9.17, 15) is 24.0 Å². The lowest BCUT2D eigenvalue weighted by Gasteiger charge is -2.29. The van der Waals surface area contributed by atoms with E-state index in [1.807, 2.05) is 0 Å². The van der Waals surface area contributed by atoms with Crippen LogP contribution in [-0.2, 0) is 30.5 Å². The van der Waals surface area contributed by atoms with Gasteiger partial charge in [-0.05, 0) is 50.8 Å². The Hall–Kier alpha value is -3.21. The molecule has 0 radical (unpaired) electrons. The molecule has 0 saturated heterocycles. The molecule has 1 aromatic heterocycles. The second-order valence-corrected chi connectivity index (χ2v) is 12.5. The summed E-state index contributed by atoms with van der Waals surface area (Å²) in [5.41, 5.74) is -0.790. The van der Waals surface area contributed by atoms with Crippen molar-refractivity contribution in [1.82, 2.24) is 20.9 Å². The SMILES string of the molecule is CCCCCCCC(=O)SCCC=CC1CC(=O)NCc2cccc(n2)C(=O)NC(C)(C)C(=O)NC(C(C)C)C(=O)O1. The third kappa shape index (κ3) is 12.3. The van der Waals surface area contributed by atoms with Gasteiger partial charge >= 0.3 is 5.97 Å². The van der Waals surface area contributed by atoms with Gasteiger partial charge in [0.25, 0.3) is 5.91 Å².